The molecule has 10 heteroatoms. The fourth-order valence-electron chi connectivity index (χ4n) is 3.10. The van der Waals surface area contributed by atoms with E-state index in [1.807, 2.05) is 4.90 Å². The van der Waals surface area contributed by atoms with Gasteiger partial charge >= 0.3 is 0 Å². The number of sulfonamides is 1. The number of anilines is 1. The molecule has 0 spiro atoms. The van der Waals surface area contributed by atoms with Gasteiger partial charge < -0.3 is 9.64 Å². The zero-order chi connectivity index (χ0) is 21.1. The fourth-order valence-corrected chi connectivity index (χ4v) is 4.64. The molecular weight excluding hydrogens is 431 g/mol. The molecule has 0 bridgehead atoms. The van der Waals surface area contributed by atoms with Crippen molar-refractivity contribution in [3.8, 4) is 11.6 Å². The van der Waals surface area contributed by atoms with E-state index >= 15 is 0 Å². The Morgan fingerprint density at radius 1 is 0.933 bits per heavy atom. The molecular formula is C20H18ClFN4O3S. The van der Waals surface area contributed by atoms with E-state index in [1.165, 1.54) is 47.0 Å². The molecule has 0 atom stereocenters. The first-order chi connectivity index (χ1) is 14.4. The molecule has 1 saturated heterocycles. The van der Waals surface area contributed by atoms with Crippen molar-refractivity contribution < 1.29 is 17.5 Å². The summed E-state index contributed by atoms with van der Waals surface area (Å²) >= 11 is 5.85. The second kappa shape index (κ2) is 8.55. The average Bonchev–Trinajstić information content (AvgIpc) is 2.76. The average molecular weight is 449 g/mol. The van der Waals surface area contributed by atoms with E-state index in [2.05, 4.69) is 9.97 Å². The van der Waals surface area contributed by atoms with Gasteiger partial charge in [-0.2, -0.15) is 4.31 Å². The van der Waals surface area contributed by atoms with Gasteiger partial charge in [-0.1, -0.05) is 11.6 Å². The minimum atomic E-state index is -3.58. The van der Waals surface area contributed by atoms with Crippen molar-refractivity contribution in [3.05, 3.63) is 71.8 Å². The maximum atomic E-state index is 13.0. The highest BCUT2D eigenvalue weighted by molar-refractivity contribution is 7.89. The van der Waals surface area contributed by atoms with Crippen molar-refractivity contribution in [1.82, 2.24) is 14.3 Å². The topological polar surface area (TPSA) is 75.6 Å². The van der Waals surface area contributed by atoms with Crippen LogP contribution in [0.1, 0.15) is 0 Å². The number of benzene rings is 2. The highest BCUT2D eigenvalue weighted by atomic mass is 35.5. The lowest BCUT2D eigenvalue weighted by molar-refractivity contribution is 0.383. The number of rotatable bonds is 5. The molecule has 2 heterocycles. The lowest BCUT2D eigenvalue weighted by Gasteiger charge is -2.34. The van der Waals surface area contributed by atoms with Crippen LogP contribution in [0.3, 0.4) is 0 Å². The summed E-state index contributed by atoms with van der Waals surface area (Å²) in [6.45, 7) is 1.59. The number of aromatic nitrogens is 2. The third-order valence-electron chi connectivity index (χ3n) is 4.68. The van der Waals surface area contributed by atoms with Crippen molar-refractivity contribution >= 4 is 27.4 Å². The summed E-state index contributed by atoms with van der Waals surface area (Å²) in [6.07, 6.45) is 1.38. The smallest absolute Gasteiger partial charge is 0.243 e. The van der Waals surface area contributed by atoms with Crippen LogP contribution < -0.4 is 9.64 Å². The number of nitrogens with zero attached hydrogens (tertiary/aromatic N) is 4. The van der Waals surface area contributed by atoms with Crippen LogP contribution in [0.15, 0.2) is 65.8 Å². The lowest BCUT2D eigenvalue weighted by atomic mass is 10.3. The molecule has 0 saturated carbocycles. The first-order valence-electron chi connectivity index (χ1n) is 9.18. The van der Waals surface area contributed by atoms with E-state index in [-0.39, 0.29) is 10.7 Å². The Bertz CT molecular complexity index is 1120. The van der Waals surface area contributed by atoms with E-state index in [9.17, 15) is 12.8 Å². The number of hydrogen-bond acceptors (Lipinski definition) is 6. The second-order valence-electron chi connectivity index (χ2n) is 6.62. The highest BCUT2D eigenvalue weighted by Gasteiger charge is 2.29. The Labute approximate surface area is 178 Å². The van der Waals surface area contributed by atoms with Crippen LogP contribution >= 0.6 is 11.6 Å². The van der Waals surface area contributed by atoms with E-state index in [0.717, 1.165) is 0 Å². The molecule has 7 nitrogen and oxygen atoms in total. The molecule has 0 unspecified atom stereocenters. The zero-order valence-electron chi connectivity index (χ0n) is 15.8. The summed E-state index contributed by atoms with van der Waals surface area (Å²) in [5.41, 5.74) is 0. The SMILES string of the molecule is O=S(=O)(c1ccc(Cl)cc1)N1CCN(c2cc(Oc3ccc(F)cc3)ncn2)CC1. The maximum absolute atomic E-state index is 13.0. The van der Waals surface area contributed by atoms with Crippen LogP contribution in [0.2, 0.25) is 5.02 Å². The van der Waals surface area contributed by atoms with E-state index in [0.29, 0.717) is 48.6 Å². The van der Waals surface area contributed by atoms with Gasteiger partial charge in [0.2, 0.25) is 15.9 Å². The Hall–Kier alpha value is -2.75. The van der Waals surface area contributed by atoms with Crippen LogP contribution in [0.25, 0.3) is 0 Å². The summed E-state index contributed by atoms with van der Waals surface area (Å²) in [6, 6.07) is 13.4. The van der Waals surface area contributed by atoms with Gasteiger partial charge in [0, 0.05) is 37.3 Å². The summed E-state index contributed by atoms with van der Waals surface area (Å²) in [5, 5.41) is 0.487. The van der Waals surface area contributed by atoms with E-state index in [4.69, 9.17) is 16.3 Å². The normalized spacial score (nSPS) is 15.2. The maximum Gasteiger partial charge on any atom is 0.243 e. The van der Waals surface area contributed by atoms with Gasteiger partial charge in [0.25, 0.3) is 0 Å². The first kappa shape index (κ1) is 20.5. The molecule has 0 aliphatic carbocycles. The molecule has 3 aromatic rings. The Kier molecular flexibility index (Phi) is 5.85. The van der Waals surface area contributed by atoms with Crippen LogP contribution in [-0.4, -0.2) is 48.9 Å². The number of piperazine rings is 1. The minimum absolute atomic E-state index is 0.220. The van der Waals surface area contributed by atoms with Gasteiger partial charge in [0.05, 0.1) is 4.90 Å². The van der Waals surface area contributed by atoms with Gasteiger partial charge in [-0.25, -0.2) is 22.8 Å². The quantitative estimate of drug-likeness (QED) is 0.594. The third kappa shape index (κ3) is 4.53. The largest absolute Gasteiger partial charge is 0.439 e. The lowest BCUT2D eigenvalue weighted by Crippen LogP contribution is -2.48. The molecule has 30 heavy (non-hydrogen) atoms. The predicted molar refractivity (Wildman–Crippen MR) is 111 cm³/mol. The van der Waals surface area contributed by atoms with E-state index in [1.54, 1.807) is 18.2 Å². The molecule has 1 fully saturated rings. The number of ether oxygens (including phenoxy) is 1. The van der Waals surface area contributed by atoms with Gasteiger partial charge in [0.1, 0.15) is 23.7 Å². The van der Waals surface area contributed by atoms with Crippen molar-refractivity contribution in [2.24, 2.45) is 0 Å². The standard InChI is InChI=1S/C20H18ClFN4O3S/c21-15-1-7-18(8-2-15)30(27,28)26-11-9-25(10-12-26)19-13-20(24-14-23-19)29-17-5-3-16(22)4-6-17/h1-8,13-14H,9-12H2. The zero-order valence-corrected chi connectivity index (χ0v) is 17.4. The van der Waals surface area contributed by atoms with Crippen molar-refractivity contribution in [1.29, 1.82) is 0 Å². The molecule has 0 amide bonds. The predicted octanol–water partition coefficient (Wildman–Crippen LogP) is 3.57. The van der Waals surface area contributed by atoms with Gasteiger partial charge in [-0.15, -0.1) is 0 Å². The van der Waals surface area contributed by atoms with Gasteiger partial charge in [-0.05, 0) is 48.5 Å². The van der Waals surface area contributed by atoms with Gasteiger partial charge in [0.15, 0.2) is 0 Å². The Morgan fingerprint density at radius 2 is 1.60 bits per heavy atom. The third-order valence-corrected chi connectivity index (χ3v) is 6.84. The molecule has 1 aromatic heterocycles. The molecule has 0 N–H and O–H groups in total. The molecule has 2 aromatic carbocycles. The summed E-state index contributed by atoms with van der Waals surface area (Å²) in [7, 11) is -3.58. The van der Waals surface area contributed by atoms with Crippen LogP contribution in [0.4, 0.5) is 10.2 Å². The molecule has 1 aliphatic rings. The molecule has 1 aliphatic heterocycles. The van der Waals surface area contributed by atoms with Crippen LogP contribution in [0.5, 0.6) is 11.6 Å². The molecule has 0 radical (unpaired) electrons. The summed E-state index contributed by atoms with van der Waals surface area (Å²) in [5.74, 6) is 1.06. The van der Waals surface area contributed by atoms with Crippen LogP contribution in [-0.2, 0) is 10.0 Å². The molecule has 156 valence electrons. The summed E-state index contributed by atoms with van der Waals surface area (Å²) < 4.78 is 45.8. The summed E-state index contributed by atoms with van der Waals surface area (Å²) in [4.78, 5) is 10.5. The molecule has 4 rings (SSSR count). The Balaban J connectivity index is 1.42. The highest BCUT2D eigenvalue weighted by Crippen LogP contribution is 2.25. The first-order valence-corrected chi connectivity index (χ1v) is 11.0. The number of hydrogen-bond donors (Lipinski definition) is 0. The van der Waals surface area contributed by atoms with Crippen molar-refractivity contribution in [2.45, 2.75) is 4.90 Å². The second-order valence-corrected chi connectivity index (χ2v) is 8.99. The minimum Gasteiger partial charge on any atom is -0.439 e. The number of halogens is 2. The van der Waals surface area contributed by atoms with E-state index < -0.39 is 10.0 Å². The fraction of sp³-hybridized carbons (Fsp3) is 0.200. The monoisotopic (exact) mass is 448 g/mol. The van der Waals surface area contributed by atoms with Crippen molar-refractivity contribution in [2.75, 3.05) is 31.1 Å². The van der Waals surface area contributed by atoms with Crippen LogP contribution in [0, 0.1) is 5.82 Å². The Morgan fingerprint density at radius 3 is 2.27 bits per heavy atom. The van der Waals surface area contributed by atoms with Crippen molar-refractivity contribution in [3.63, 3.8) is 0 Å². The van der Waals surface area contributed by atoms with Gasteiger partial charge in [-0.3, -0.25) is 0 Å².